The summed E-state index contributed by atoms with van der Waals surface area (Å²) in [5, 5.41) is 9.10. The van der Waals surface area contributed by atoms with Crippen molar-refractivity contribution in [2.24, 2.45) is 5.92 Å². The van der Waals surface area contributed by atoms with Crippen LogP contribution in [0.25, 0.3) is 0 Å². The highest BCUT2D eigenvalue weighted by atomic mass is 16.2. The number of carbonyl (C=O) groups excluding carboxylic acids is 2. The fraction of sp³-hybridized carbons (Fsp3) is 0.600. The molecule has 0 bridgehead atoms. The average Bonchev–Trinajstić information content (AvgIpc) is 3.44. The van der Waals surface area contributed by atoms with Crippen molar-refractivity contribution in [2.45, 2.75) is 58.8 Å². The molecular formula is C20H31N3O2. The van der Waals surface area contributed by atoms with E-state index in [1.807, 2.05) is 25.1 Å². The first kappa shape index (κ1) is 19.3. The predicted octanol–water partition coefficient (Wildman–Crippen LogP) is 3.84. The van der Waals surface area contributed by atoms with Gasteiger partial charge in [0.15, 0.2) is 0 Å². The third-order valence-electron chi connectivity index (χ3n) is 4.58. The van der Waals surface area contributed by atoms with Gasteiger partial charge in [0.2, 0.25) is 11.8 Å². The van der Waals surface area contributed by atoms with Gasteiger partial charge in [0.05, 0.1) is 6.54 Å². The molecule has 3 N–H and O–H groups in total. The molecular weight excluding hydrogens is 314 g/mol. The quantitative estimate of drug-likeness (QED) is 0.534. The number of carbonyl (C=O) groups is 2. The topological polar surface area (TPSA) is 70.2 Å². The zero-order chi connectivity index (χ0) is 18.1. The van der Waals surface area contributed by atoms with Crippen LogP contribution in [0.15, 0.2) is 18.2 Å². The van der Waals surface area contributed by atoms with Gasteiger partial charge in [-0.15, -0.1) is 0 Å². The van der Waals surface area contributed by atoms with Crippen molar-refractivity contribution >= 4 is 23.2 Å². The van der Waals surface area contributed by atoms with Gasteiger partial charge in [0, 0.05) is 23.8 Å². The van der Waals surface area contributed by atoms with Crippen molar-refractivity contribution in [3.05, 3.63) is 23.8 Å². The molecule has 2 amide bonds. The van der Waals surface area contributed by atoms with E-state index >= 15 is 0 Å². The summed E-state index contributed by atoms with van der Waals surface area (Å²) in [5.74, 6) is 0.280. The van der Waals surface area contributed by atoms with Gasteiger partial charge < -0.3 is 16.0 Å². The lowest BCUT2D eigenvalue weighted by Crippen LogP contribution is -2.30. The second-order valence-corrected chi connectivity index (χ2v) is 6.86. The zero-order valence-corrected chi connectivity index (χ0v) is 15.5. The minimum absolute atomic E-state index is 0.00214. The Bertz CT molecular complexity index is 582. The van der Waals surface area contributed by atoms with Crippen LogP contribution in [0.3, 0.4) is 0 Å². The average molecular weight is 345 g/mol. The summed E-state index contributed by atoms with van der Waals surface area (Å²) in [6.45, 7) is 5.13. The lowest BCUT2D eigenvalue weighted by Gasteiger charge is -2.14. The molecule has 0 saturated heterocycles. The van der Waals surface area contributed by atoms with E-state index in [0.29, 0.717) is 0 Å². The van der Waals surface area contributed by atoms with E-state index in [4.69, 9.17) is 0 Å². The maximum atomic E-state index is 11.9. The molecule has 5 heteroatoms. The van der Waals surface area contributed by atoms with Crippen LogP contribution in [0.1, 0.15) is 57.4 Å². The van der Waals surface area contributed by atoms with E-state index in [9.17, 15) is 9.59 Å². The predicted molar refractivity (Wildman–Crippen MR) is 103 cm³/mol. The number of benzene rings is 1. The van der Waals surface area contributed by atoms with Crippen LogP contribution < -0.4 is 16.0 Å². The molecule has 1 aromatic rings. The third kappa shape index (κ3) is 6.77. The van der Waals surface area contributed by atoms with Crippen molar-refractivity contribution < 1.29 is 9.59 Å². The van der Waals surface area contributed by atoms with E-state index in [1.54, 1.807) is 0 Å². The highest BCUT2D eigenvalue weighted by Gasteiger charge is 2.29. The molecule has 0 aromatic heterocycles. The van der Waals surface area contributed by atoms with Gasteiger partial charge in [-0.1, -0.05) is 38.7 Å². The van der Waals surface area contributed by atoms with E-state index in [1.165, 1.54) is 25.7 Å². The first-order valence-electron chi connectivity index (χ1n) is 9.53. The van der Waals surface area contributed by atoms with Crippen molar-refractivity contribution in [3.63, 3.8) is 0 Å². The first-order chi connectivity index (χ1) is 12.1. The maximum absolute atomic E-state index is 11.9. The van der Waals surface area contributed by atoms with Crippen molar-refractivity contribution in [2.75, 3.05) is 23.7 Å². The lowest BCUT2D eigenvalue weighted by atomic mass is 10.1. The summed E-state index contributed by atoms with van der Waals surface area (Å²) < 4.78 is 0. The molecule has 25 heavy (non-hydrogen) atoms. The fourth-order valence-corrected chi connectivity index (χ4v) is 2.74. The molecule has 5 nitrogen and oxygen atoms in total. The maximum Gasteiger partial charge on any atom is 0.239 e. The molecule has 0 radical (unpaired) electrons. The standard InChI is InChI=1S/C20H31N3O2/c1-3-4-5-6-7-13-21-19(24)14-22-17-9-8-10-18(15(17)2)23-20(25)16-11-12-16/h8-10,16,22H,3-7,11-14H2,1-2H3,(H,21,24)(H,23,25). The Morgan fingerprint density at radius 3 is 2.52 bits per heavy atom. The Labute approximate surface area is 151 Å². The molecule has 138 valence electrons. The summed E-state index contributed by atoms with van der Waals surface area (Å²) in [5.41, 5.74) is 2.66. The Kier molecular flexibility index (Phi) is 7.76. The molecule has 0 aliphatic heterocycles. The first-order valence-corrected chi connectivity index (χ1v) is 9.53. The summed E-state index contributed by atoms with van der Waals surface area (Å²) in [7, 11) is 0. The van der Waals surface area contributed by atoms with Gasteiger partial charge in [0.25, 0.3) is 0 Å². The van der Waals surface area contributed by atoms with Crippen molar-refractivity contribution in [1.82, 2.24) is 5.32 Å². The number of anilines is 2. The summed E-state index contributed by atoms with van der Waals surface area (Å²) in [6, 6.07) is 5.72. The molecule has 2 rings (SSSR count). The number of amides is 2. The minimum Gasteiger partial charge on any atom is -0.376 e. The van der Waals surface area contributed by atoms with Gasteiger partial charge in [-0.2, -0.15) is 0 Å². The molecule has 1 fully saturated rings. The number of unbranched alkanes of at least 4 members (excludes halogenated alkanes) is 4. The molecule has 1 aromatic carbocycles. The summed E-state index contributed by atoms with van der Waals surface area (Å²) >= 11 is 0. The van der Waals surface area contributed by atoms with Crippen LogP contribution >= 0.6 is 0 Å². The van der Waals surface area contributed by atoms with Crippen LogP contribution in [0.4, 0.5) is 11.4 Å². The SMILES string of the molecule is CCCCCCCNC(=O)CNc1cccc(NC(=O)C2CC2)c1C. The fourth-order valence-electron chi connectivity index (χ4n) is 2.74. The lowest BCUT2D eigenvalue weighted by molar-refractivity contribution is -0.119. The molecule has 1 saturated carbocycles. The van der Waals surface area contributed by atoms with Crippen LogP contribution in [-0.4, -0.2) is 24.9 Å². The molecule has 1 aliphatic rings. The number of rotatable bonds is 11. The van der Waals surface area contributed by atoms with Crippen molar-refractivity contribution in [1.29, 1.82) is 0 Å². The minimum atomic E-state index is 0.00214. The molecule has 1 aliphatic carbocycles. The number of hydrogen-bond acceptors (Lipinski definition) is 3. The van der Waals surface area contributed by atoms with E-state index in [-0.39, 0.29) is 24.3 Å². The molecule has 0 heterocycles. The third-order valence-corrected chi connectivity index (χ3v) is 4.58. The van der Waals surface area contributed by atoms with Gasteiger partial charge in [-0.25, -0.2) is 0 Å². The monoisotopic (exact) mass is 345 g/mol. The Hall–Kier alpha value is -2.04. The van der Waals surface area contributed by atoms with E-state index in [0.717, 1.165) is 42.7 Å². The normalized spacial score (nSPS) is 13.4. The zero-order valence-electron chi connectivity index (χ0n) is 15.5. The highest BCUT2D eigenvalue weighted by Crippen LogP contribution is 2.31. The number of hydrogen-bond donors (Lipinski definition) is 3. The number of nitrogens with one attached hydrogen (secondary N) is 3. The van der Waals surface area contributed by atoms with E-state index < -0.39 is 0 Å². The smallest absolute Gasteiger partial charge is 0.239 e. The van der Waals surface area contributed by atoms with Crippen LogP contribution in [0.5, 0.6) is 0 Å². The van der Waals surface area contributed by atoms with Crippen LogP contribution in [0.2, 0.25) is 0 Å². The Morgan fingerprint density at radius 1 is 1.08 bits per heavy atom. The Morgan fingerprint density at radius 2 is 1.80 bits per heavy atom. The van der Waals surface area contributed by atoms with Gasteiger partial charge in [-0.3, -0.25) is 9.59 Å². The largest absolute Gasteiger partial charge is 0.376 e. The van der Waals surface area contributed by atoms with Crippen LogP contribution in [0, 0.1) is 12.8 Å². The van der Waals surface area contributed by atoms with Gasteiger partial charge in [-0.05, 0) is 43.9 Å². The summed E-state index contributed by atoms with van der Waals surface area (Å²) in [6.07, 6.45) is 7.92. The molecule has 0 spiro atoms. The molecule has 0 unspecified atom stereocenters. The summed E-state index contributed by atoms with van der Waals surface area (Å²) in [4.78, 5) is 23.9. The second kappa shape index (κ2) is 10.1. The highest BCUT2D eigenvalue weighted by molar-refractivity contribution is 5.95. The van der Waals surface area contributed by atoms with Gasteiger partial charge >= 0.3 is 0 Å². The van der Waals surface area contributed by atoms with E-state index in [2.05, 4.69) is 22.9 Å². The molecule has 0 atom stereocenters. The van der Waals surface area contributed by atoms with Gasteiger partial charge in [0.1, 0.15) is 0 Å². The second-order valence-electron chi connectivity index (χ2n) is 6.86. The van der Waals surface area contributed by atoms with Crippen LogP contribution in [-0.2, 0) is 9.59 Å². The van der Waals surface area contributed by atoms with Crippen molar-refractivity contribution in [3.8, 4) is 0 Å². The Balaban J connectivity index is 1.72.